The average molecular weight is 540 g/mol. The number of allylic oxidation sites excluding steroid dienone is 1. The Morgan fingerprint density at radius 2 is 2.08 bits per heavy atom. The lowest BCUT2D eigenvalue weighted by Crippen LogP contribution is -2.51. The number of ether oxygens (including phenoxy) is 1. The first-order chi connectivity index (χ1) is 17.9. The predicted octanol–water partition coefficient (Wildman–Crippen LogP) is 6.82. The molecule has 0 aliphatic heterocycles. The van der Waals surface area contributed by atoms with Crippen LogP contribution in [0.4, 0.5) is 4.79 Å². The van der Waals surface area contributed by atoms with Gasteiger partial charge in [-0.3, -0.25) is 0 Å². The number of aliphatic hydroxyl groups is 1. The monoisotopic (exact) mass is 539 g/mol. The second-order valence-corrected chi connectivity index (χ2v) is 18.0. The zero-order chi connectivity index (χ0) is 27.7. The van der Waals surface area contributed by atoms with Crippen molar-refractivity contribution in [3.8, 4) is 11.3 Å². The lowest BCUT2D eigenvalue weighted by molar-refractivity contribution is 0.0679. The first-order valence-electron chi connectivity index (χ1n) is 13.4. The van der Waals surface area contributed by atoms with Crippen LogP contribution >= 0.6 is 0 Å². The Labute approximate surface area is 225 Å². The van der Waals surface area contributed by atoms with Gasteiger partial charge in [0.05, 0.1) is 12.9 Å². The zero-order valence-corrected chi connectivity index (χ0v) is 24.5. The summed E-state index contributed by atoms with van der Waals surface area (Å²) in [6.07, 6.45) is 8.73. The SMILES string of the molecule is CC(C)(C)N(C(=O)O)C1CCC=C(c2c(CO)cnc3c2c(-c2ccco2)cn3COCC[Si](C)(C)C)C1. The highest BCUT2D eigenvalue weighted by Crippen LogP contribution is 2.41. The topological polar surface area (TPSA) is 101 Å². The molecule has 38 heavy (non-hydrogen) atoms. The number of hydrogen-bond donors (Lipinski definition) is 2. The van der Waals surface area contributed by atoms with Gasteiger partial charge >= 0.3 is 6.09 Å². The maximum atomic E-state index is 12.3. The Hall–Kier alpha value is -2.88. The van der Waals surface area contributed by atoms with E-state index in [9.17, 15) is 15.0 Å². The van der Waals surface area contributed by atoms with E-state index in [1.807, 2.05) is 43.7 Å². The number of aromatic nitrogens is 2. The van der Waals surface area contributed by atoms with Gasteiger partial charge in [0, 0.05) is 55.2 Å². The molecule has 4 rings (SSSR count). The molecule has 0 aromatic carbocycles. The minimum absolute atomic E-state index is 0.165. The van der Waals surface area contributed by atoms with Crippen molar-refractivity contribution >= 4 is 30.8 Å². The van der Waals surface area contributed by atoms with E-state index in [0.717, 1.165) is 46.6 Å². The fourth-order valence-electron chi connectivity index (χ4n) is 5.34. The highest BCUT2D eigenvalue weighted by atomic mass is 28.3. The van der Waals surface area contributed by atoms with Crippen LogP contribution < -0.4 is 0 Å². The first kappa shape index (κ1) is 28.1. The number of nitrogens with zero attached hydrogens (tertiary/aromatic N) is 3. The van der Waals surface area contributed by atoms with E-state index in [1.165, 1.54) is 0 Å². The van der Waals surface area contributed by atoms with Gasteiger partial charge < -0.3 is 28.8 Å². The molecule has 1 aliphatic carbocycles. The molecule has 1 aliphatic rings. The van der Waals surface area contributed by atoms with Crippen molar-refractivity contribution in [2.75, 3.05) is 6.61 Å². The van der Waals surface area contributed by atoms with Gasteiger partial charge in [0.25, 0.3) is 0 Å². The molecule has 2 N–H and O–H groups in total. The molecule has 0 radical (unpaired) electrons. The molecule has 1 atom stereocenters. The summed E-state index contributed by atoms with van der Waals surface area (Å²) < 4.78 is 13.9. The van der Waals surface area contributed by atoms with E-state index in [1.54, 1.807) is 17.4 Å². The van der Waals surface area contributed by atoms with Gasteiger partial charge in [-0.2, -0.15) is 0 Å². The Morgan fingerprint density at radius 1 is 1.32 bits per heavy atom. The third-order valence-electron chi connectivity index (χ3n) is 7.11. The van der Waals surface area contributed by atoms with Crippen LogP contribution in [0.1, 0.15) is 51.2 Å². The highest BCUT2D eigenvalue weighted by molar-refractivity contribution is 6.76. The lowest BCUT2D eigenvalue weighted by Gasteiger charge is -2.41. The van der Waals surface area contributed by atoms with E-state index in [2.05, 4.69) is 25.7 Å². The summed E-state index contributed by atoms with van der Waals surface area (Å²) in [5.41, 5.74) is 3.76. The molecule has 8 nitrogen and oxygen atoms in total. The standard InChI is InChI=1S/C29H41N3O5Si/c1-29(2,3)32(28(34)35)22-10-7-9-20(15-22)25-21(18-33)16-30-27-26(25)23(24-11-8-12-37-24)17-31(27)19-36-13-14-38(4,5)6/h8-9,11-12,16-17,22,33H,7,10,13-15,18-19H2,1-6H3,(H,34,35). The van der Waals surface area contributed by atoms with Crippen molar-refractivity contribution in [3.63, 3.8) is 0 Å². The smallest absolute Gasteiger partial charge is 0.407 e. The van der Waals surface area contributed by atoms with Crippen LogP contribution in [0.3, 0.4) is 0 Å². The van der Waals surface area contributed by atoms with Crippen LogP contribution in [0.5, 0.6) is 0 Å². The molecule has 0 saturated heterocycles. The van der Waals surface area contributed by atoms with Crippen molar-refractivity contribution in [1.29, 1.82) is 0 Å². The summed E-state index contributed by atoms with van der Waals surface area (Å²) >= 11 is 0. The third kappa shape index (κ3) is 6.05. The van der Waals surface area contributed by atoms with Gasteiger partial charge in [-0.25, -0.2) is 9.78 Å². The van der Waals surface area contributed by atoms with Crippen molar-refractivity contribution in [2.24, 2.45) is 0 Å². The molecule has 0 saturated carbocycles. The average Bonchev–Trinajstić information content (AvgIpc) is 3.48. The number of hydrogen-bond acceptors (Lipinski definition) is 5. The molecular formula is C29H41N3O5Si. The van der Waals surface area contributed by atoms with E-state index >= 15 is 0 Å². The van der Waals surface area contributed by atoms with Crippen molar-refractivity contribution in [1.82, 2.24) is 14.5 Å². The van der Waals surface area contributed by atoms with Gasteiger partial charge in [0.15, 0.2) is 0 Å². The van der Waals surface area contributed by atoms with Crippen LogP contribution in [-0.2, 0) is 18.1 Å². The fraction of sp³-hybridized carbons (Fsp3) is 0.517. The summed E-state index contributed by atoms with van der Waals surface area (Å²) in [6.45, 7) is 13.7. The quantitative estimate of drug-likeness (QED) is 0.229. The van der Waals surface area contributed by atoms with Crippen LogP contribution in [0.15, 0.2) is 41.3 Å². The highest BCUT2D eigenvalue weighted by Gasteiger charge is 2.35. The number of amides is 1. The summed E-state index contributed by atoms with van der Waals surface area (Å²) in [6, 6.07) is 4.69. The number of carboxylic acid groups (broad SMARTS) is 1. The Morgan fingerprint density at radius 3 is 2.68 bits per heavy atom. The maximum absolute atomic E-state index is 12.3. The summed E-state index contributed by atoms with van der Waals surface area (Å²) in [7, 11) is -1.21. The summed E-state index contributed by atoms with van der Waals surface area (Å²) in [5, 5.41) is 21.3. The van der Waals surface area contributed by atoms with Gasteiger partial charge in [-0.15, -0.1) is 0 Å². The van der Waals surface area contributed by atoms with Gasteiger partial charge in [0.1, 0.15) is 18.1 Å². The first-order valence-corrected chi connectivity index (χ1v) is 17.1. The summed E-state index contributed by atoms with van der Waals surface area (Å²) in [4.78, 5) is 18.6. The maximum Gasteiger partial charge on any atom is 0.407 e. The van der Waals surface area contributed by atoms with Gasteiger partial charge in [-0.05, 0) is 69.3 Å². The molecule has 0 fully saturated rings. The summed E-state index contributed by atoms with van der Waals surface area (Å²) in [5.74, 6) is 0.712. The van der Waals surface area contributed by atoms with E-state index in [-0.39, 0.29) is 12.6 Å². The molecule has 3 aromatic rings. The second kappa shape index (κ2) is 11.1. The molecule has 3 heterocycles. The number of rotatable bonds is 9. The zero-order valence-electron chi connectivity index (χ0n) is 23.5. The van der Waals surface area contributed by atoms with Gasteiger partial charge in [-0.1, -0.05) is 25.7 Å². The third-order valence-corrected chi connectivity index (χ3v) is 8.81. The molecule has 1 unspecified atom stereocenters. The molecule has 206 valence electrons. The van der Waals surface area contributed by atoms with E-state index in [0.29, 0.717) is 31.1 Å². The lowest BCUT2D eigenvalue weighted by atomic mass is 9.84. The van der Waals surface area contributed by atoms with Crippen LogP contribution in [0, 0.1) is 0 Å². The fourth-order valence-corrected chi connectivity index (χ4v) is 6.10. The van der Waals surface area contributed by atoms with Crippen molar-refractivity contribution in [2.45, 2.75) is 90.6 Å². The van der Waals surface area contributed by atoms with Crippen molar-refractivity contribution in [3.05, 3.63) is 48.0 Å². The van der Waals surface area contributed by atoms with Crippen molar-refractivity contribution < 1.29 is 24.2 Å². The second-order valence-electron chi connectivity index (χ2n) is 12.3. The van der Waals surface area contributed by atoms with E-state index in [4.69, 9.17) is 14.1 Å². The number of pyridine rings is 1. The number of aliphatic hydroxyl groups excluding tert-OH is 1. The molecule has 9 heteroatoms. The Balaban J connectivity index is 1.79. The van der Waals surface area contributed by atoms with Crippen LogP contribution in [-0.4, -0.2) is 57.0 Å². The van der Waals surface area contributed by atoms with Crippen LogP contribution in [0.2, 0.25) is 25.7 Å². The molecule has 0 spiro atoms. The normalized spacial score (nSPS) is 16.6. The molecule has 0 bridgehead atoms. The van der Waals surface area contributed by atoms with Crippen LogP contribution in [0.25, 0.3) is 27.9 Å². The minimum Gasteiger partial charge on any atom is -0.465 e. The minimum atomic E-state index is -1.21. The number of fused-ring (bicyclic) bond motifs is 1. The molecular weight excluding hydrogens is 498 g/mol. The number of carbonyl (C=O) groups is 1. The molecule has 1 amide bonds. The Kier molecular flexibility index (Phi) is 8.20. The predicted molar refractivity (Wildman–Crippen MR) is 153 cm³/mol. The van der Waals surface area contributed by atoms with E-state index < -0.39 is 19.7 Å². The van der Waals surface area contributed by atoms with Gasteiger partial charge in [0.2, 0.25) is 0 Å². The number of furan rings is 1. The molecule has 3 aromatic heterocycles. The Bertz CT molecular complexity index is 1300. The largest absolute Gasteiger partial charge is 0.465 e.